The third-order valence-corrected chi connectivity index (χ3v) is 5.09. The number of benzene rings is 1. The van der Waals surface area contributed by atoms with E-state index in [1.54, 1.807) is 29.4 Å². The molecule has 0 saturated carbocycles. The number of carbonyl (C=O) groups excluding carboxylic acids is 1. The minimum atomic E-state index is -0.238. The zero-order valence-corrected chi connectivity index (χ0v) is 16.4. The highest BCUT2D eigenvalue weighted by Gasteiger charge is 2.21. The predicted molar refractivity (Wildman–Crippen MR) is 107 cm³/mol. The number of nitrogens with zero attached hydrogens (tertiary/aromatic N) is 2. The van der Waals surface area contributed by atoms with Crippen molar-refractivity contribution in [3.8, 4) is 0 Å². The molecule has 0 aliphatic rings. The number of halogens is 1. The van der Waals surface area contributed by atoms with Crippen molar-refractivity contribution in [3.05, 3.63) is 88.4 Å². The van der Waals surface area contributed by atoms with Gasteiger partial charge in [0.15, 0.2) is 5.76 Å². The van der Waals surface area contributed by atoms with E-state index in [4.69, 9.17) is 20.4 Å². The summed E-state index contributed by atoms with van der Waals surface area (Å²) in [7, 11) is 0. The first-order valence-electron chi connectivity index (χ1n) is 8.93. The maximum atomic E-state index is 12.9. The summed E-state index contributed by atoms with van der Waals surface area (Å²) in [6, 6.07) is 13.0. The molecule has 4 aromatic rings. The second-order valence-corrected chi connectivity index (χ2v) is 7.14. The topological polar surface area (TPSA) is 59.5 Å². The zero-order valence-electron chi connectivity index (χ0n) is 15.6. The molecule has 3 aromatic heterocycles. The Kier molecular flexibility index (Phi) is 4.92. The van der Waals surface area contributed by atoms with E-state index in [1.807, 2.05) is 25.1 Å². The molecule has 6 heteroatoms. The Hall–Kier alpha value is -3.05. The highest BCUT2D eigenvalue weighted by atomic mass is 35.5. The van der Waals surface area contributed by atoms with Crippen molar-refractivity contribution in [1.29, 1.82) is 0 Å². The lowest BCUT2D eigenvalue weighted by Gasteiger charge is -2.21. The highest BCUT2D eigenvalue weighted by Crippen LogP contribution is 2.25. The Bertz CT molecular complexity index is 1120. The van der Waals surface area contributed by atoms with Crippen molar-refractivity contribution >= 4 is 28.4 Å². The van der Waals surface area contributed by atoms with Gasteiger partial charge < -0.3 is 13.7 Å². The van der Waals surface area contributed by atoms with E-state index in [2.05, 4.69) is 18.0 Å². The lowest BCUT2D eigenvalue weighted by Crippen LogP contribution is -2.30. The number of hydrogen-bond donors (Lipinski definition) is 0. The van der Waals surface area contributed by atoms with Gasteiger partial charge in [-0.2, -0.15) is 0 Å². The summed E-state index contributed by atoms with van der Waals surface area (Å²) in [5, 5.41) is 1.37. The molecule has 0 atom stereocenters. The van der Waals surface area contributed by atoms with Crippen LogP contribution in [-0.4, -0.2) is 15.8 Å². The maximum Gasteiger partial charge on any atom is 0.290 e. The first-order valence-corrected chi connectivity index (χ1v) is 9.30. The smallest absolute Gasteiger partial charge is 0.290 e. The first-order chi connectivity index (χ1) is 13.5. The van der Waals surface area contributed by atoms with Crippen LogP contribution in [-0.2, 0) is 13.1 Å². The molecular weight excluding hydrogens is 376 g/mol. The van der Waals surface area contributed by atoms with Crippen molar-refractivity contribution in [3.63, 3.8) is 0 Å². The number of hydrogen-bond acceptors (Lipinski definition) is 4. The number of rotatable bonds is 5. The summed E-state index contributed by atoms with van der Waals surface area (Å²) < 4.78 is 10.7. The molecule has 3 heterocycles. The molecule has 0 spiro atoms. The first kappa shape index (κ1) is 18.3. The van der Waals surface area contributed by atoms with Gasteiger partial charge in [0.1, 0.15) is 10.9 Å². The Morgan fingerprint density at radius 1 is 1.04 bits per heavy atom. The van der Waals surface area contributed by atoms with Crippen molar-refractivity contribution in [2.45, 2.75) is 26.9 Å². The number of furan rings is 2. The van der Waals surface area contributed by atoms with Crippen LogP contribution >= 0.6 is 11.6 Å². The lowest BCUT2D eigenvalue weighted by atomic mass is 10.0. The number of pyridine rings is 1. The minimum absolute atomic E-state index is 0.238. The summed E-state index contributed by atoms with van der Waals surface area (Å²) in [5.41, 5.74) is 3.95. The third-order valence-electron chi connectivity index (χ3n) is 4.76. The largest absolute Gasteiger partial charge is 0.467 e. The van der Waals surface area contributed by atoms with Gasteiger partial charge in [-0.15, -0.1) is 0 Å². The number of aromatic nitrogens is 1. The molecule has 28 heavy (non-hydrogen) atoms. The Balaban J connectivity index is 1.70. The van der Waals surface area contributed by atoms with E-state index in [0.717, 1.165) is 22.0 Å². The van der Waals surface area contributed by atoms with Crippen molar-refractivity contribution in [1.82, 2.24) is 9.88 Å². The molecule has 0 aliphatic carbocycles. The second-order valence-electron chi connectivity index (χ2n) is 6.79. The van der Waals surface area contributed by atoms with Crippen LogP contribution in [0.3, 0.4) is 0 Å². The third kappa shape index (κ3) is 3.66. The van der Waals surface area contributed by atoms with Crippen LogP contribution in [0.15, 0.2) is 63.8 Å². The predicted octanol–water partition coefficient (Wildman–Crippen LogP) is 5.53. The van der Waals surface area contributed by atoms with Crippen LogP contribution < -0.4 is 0 Å². The van der Waals surface area contributed by atoms with E-state index in [0.29, 0.717) is 17.5 Å². The monoisotopic (exact) mass is 394 g/mol. The summed E-state index contributed by atoms with van der Waals surface area (Å²) in [6.07, 6.45) is 3.06. The van der Waals surface area contributed by atoms with Crippen LogP contribution in [0.5, 0.6) is 0 Å². The molecule has 0 aliphatic heterocycles. The standard InChI is InChI=1S/C22H19ClN2O3/c1-14-9-16-11-17(21(23)24-19(16)10-15(14)2)12-25(13-18-5-3-7-27-18)22(26)20-6-4-8-28-20/h3-11H,12-13H2,1-2H3. The average molecular weight is 395 g/mol. The number of carbonyl (C=O) groups is 1. The molecule has 1 aromatic carbocycles. The SMILES string of the molecule is Cc1cc2cc(CN(Cc3ccco3)C(=O)c3ccco3)c(Cl)nc2cc1C. The summed E-state index contributed by atoms with van der Waals surface area (Å²) in [5.74, 6) is 0.705. The minimum Gasteiger partial charge on any atom is -0.467 e. The van der Waals surface area contributed by atoms with Crippen LogP contribution in [0.4, 0.5) is 0 Å². The van der Waals surface area contributed by atoms with E-state index in [1.165, 1.54) is 11.8 Å². The van der Waals surface area contributed by atoms with E-state index in [9.17, 15) is 4.79 Å². The van der Waals surface area contributed by atoms with E-state index < -0.39 is 0 Å². The molecule has 1 amide bonds. The quantitative estimate of drug-likeness (QED) is 0.417. The molecule has 0 N–H and O–H groups in total. The average Bonchev–Trinajstić information content (AvgIpc) is 3.37. The van der Waals surface area contributed by atoms with Crippen molar-refractivity contribution in [2.75, 3.05) is 0 Å². The maximum absolute atomic E-state index is 12.9. The fourth-order valence-electron chi connectivity index (χ4n) is 3.12. The molecule has 4 rings (SSSR count). The van der Waals surface area contributed by atoms with Crippen molar-refractivity contribution in [2.24, 2.45) is 0 Å². The summed E-state index contributed by atoms with van der Waals surface area (Å²) in [4.78, 5) is 19.1. The number of fused-ring (bicyclic) bond motifs is 1. The normalized spacial score (nSPS) is 11.1. The lowest BCUT2D eigenvalue weighted by molar-refractivity contribution is 0.0685. The molecule has 142 valence electrons. The van der Waals surface area contributed by atoms with Gasteiger partial charge in [-0.1, -0.05) is 11.6 Å². The van der Waals surface area contributed by atoms with Gasteiger partial charge in [0.25, 0.3) is 5.91 Å². The number of aryl methyl sites for hydroxylation is 2. The molecule has 5 nitrogen and oxygen atoms in total. The Morgan fingerprint density at radius 3 is 2.50 bits per heavy atom. The van der Waals surface area contributed by atoms with Crippen LogP contribution in [0.1, 0.15) is 33.0 Å². The molecule has 0 fully saturated rings. The molecule has 0 unspecified atom stereocenters. The molecule has 0 radical (unpaired) electrons. The fourth-order valence-corrected chi connectivity index (χ4v) is 3.33. The molecule has 0 bridgehead atoms. The highest BCUT2D eigenvalue weighted by molar-refractivity contribution is 6.30. The second kappa shape index (κ2) is 7.52. The zero-order chi connectivity index (χ0) is 19.7. The fraction of sp³-hybridized carbons (Fsp3) is 0.182. The number of amides is 1. The Morgan fingerprint density at radius 2 is 1.79 bits per heavy atom. The van der Waals surface area contributed by atoms with Gasteiger partial charge in [-0.3, -0.25) is 4.79 Å². The van der Waals surface area contributed by atoms with Gasteiger partial charge in [0, 0.05) is 17.5 Å². The summed E-state index contributed by atoms with van der Waals surface area (Å²) >= 11 is 6.45. The van der Waals surface area contributed by atoms with Crippen LogP contribution in [0.25, 0.3) is 10.9 Å². The van der Waals surface area contributed by atoms with E-state index >= 15 is 0 Å². The van der Waals surface area contributed by atoms with Gasteiger partial charge in [-0.25, -0.2) is 4.98 Å². The molecule has 0 saturated heterocycles. The van der Waals surface area contributed by atoms with E-state index in [-0.39, 0.29) is 18.2 Å². The van der Waals surface area contributed by atoms with Gasteiger partial charge >= 0.3 is 0 Å². The van der Waals surface area contributed by atoms with Gasteiger partial charge in [-0.05, 0) is 67.4 Å². The summed E-state index contributed by atoms with van der Waals surface area (Å²) in [6.45, 7) is 4.70. The van der Waals surface area contributed by atoms with Crippen LogP contribution in [0.2, 0.25) is 5.15 Å². The van der Waals surface area contributed by atoms with Gasteiger partial charge in [0.05, 0.1) is 24.6 Å². The van der Waals surface area contributed by atoms with Gasteiger partial charge in [0.2, 0.25) is 0 Å². The van der Waals surface area contributed by atoms with Crippen molar-refractivity contribution < 1.29 is 13.6 Å². The van der Waals surface area contributed by atoms with Crippen LogP contribution in [0, 0.1) is 13.8 Å². The Labute approximate surface area is 167 Å². The molecular formula is C22H19ClN2O3.